The molecule has 1 atom stereocenters. The van der Waals surface area contributed by atoms with Crippen LogP contribution < -0.4 is 14.4 Å². The number of ketones is 1. The first-order valence-corrected chi connectivity index (χ1v) is 12.6. The quantitative estimate of drug-likeness (QED) is 0.219. The molecule has 0 bridgehead atoms. The van der Waals surface area contributed by atoms with Crippen LogP contribution in [0.3, 0.4) is 0 Å². The molecule has 190 valence electrons. The van der Waals surface area contributed by atoms with Crippen LogP contribution in [-0.2, 0) is 9.59 Å². The zero-order chi connectivity index (χ0) is 26.3. The number of pyridine rings is 1. The van der Waals surface area contributed by atoms with E-state index in [1.165, 1.54) is 16.2 Å². The van der Waals surface area contributed by atoms with Crippen molar-refractivity contribution < 1.29 is 24.2 Å². The van der Waals surface area contributed by atoms with Crippen LogP contribution in [-0.4, -0.2) is 49.6 Å². The van der Waals surface area contributed by atoms with Crippen molar-refractivity contribution in [2.75, 3.05) is 18.1 Å². The van der Waals surface area contributed by atoms with Crippen LogP contribution in [0.15, 0.2) is 48.2 Å². The summed E-state index contributed by atoms with van der Waals surface area (Å²) in [5.41, 5.74) is 1.93. The fourth-order valence-corrected chi connectivity index (χ4v) is 5.21. The van der Waals surface area contributed by atoms with Crippen LogP contribution in [0.2, 0.25) is 0 Å². The molecule has 1 saturated heterocycles. The molecular formula is C26H25N5O5S. The molecule has 4 aromatic rings. The normalized spacial score (nSPS) is 17.1. The molecule has 4 heterocycles. The maximum absolute atomic E-state index is 13.5. The number of ether oxygens (including phenoxy) is 2. The summed E-state index contributed by atoms with van der Waals surface area (Å²) in [4.78, 5) is 32.7. The van der Waals surface area contributed by atoms with Gasteiger partial charge in [-0.25, -0.2) is 4.98 Å². The van der Waals surface area contributed by atoms with Crippen molar-refractivity contribution in [2.45, 2.75) is 33.7 Å². The molecule has 0 radical (unpaired) electrons. The third-order valence-corrected chi connectivity index (χ3v) is 6.82. The number of carbonyl (C=O) groups excluding carboxylic acids is 2. The second-order valence-electron chi connectivity index (χ2n) is 8.32. The van der Waals surface area contributed by atoms with E-state index in [1.54, 1.807) is 54.8 Å². The van der Waals surface area contributed by atoms with E-state index in [-0.39, 0.29) is 16.5 Å². The summed E-state index contributed by atoms with van der Waals surface area (Å²) in [6.07, 6.45) is 1.74. The minimum absolute atomic E-state index is 0.0711. The van der Waals surface area contributed by atoms with Crippen molar-refractivity contribution >= 4 is 39.6 Å². The van der Waals surface area contributed by atoms with Gasteiger partial charge >= 0.3 is 5.91 Å². The molecule has 1 unspecified atom stereocenters. The Hall–Kier alpha value is -4.25. The van der Waals surface area contributed by atoms with Crippen molar-refractivity contribution in [3.8, 4) is 11.5 Å². The van der Waals surface area contributed by atoms with Gasteiger partial charge in [-0.15, -0.1) is 10.2 Å². The van der Waals surface area contributed by atoms with Gasteiger partial charge in [0.15, 0.2) is 17.3 Å². The van der Waals surface area contributed by atoms with Crippen molar-refractivity contribution in [2.24, 2.45) is 0 Å². The Kier molecular flexibility index (Phi) is 6.38. The summed E-state index contributed by atoms with van der Waals surface area (Å²) in [5, 5.41) is 20.7. The Bertz CT molecular complexity index is 1560. The molecule has 1 aromatic carbocycles. The molecular weight excluding hydrogens is 494 g/mol. The third kappa shape index (κ3) is 4.10. The van der Waals surface area contributed by atoms with Gasteiger partial charge in [-0.2, -0.15) is 0 Å². The summed E-state index contributed by atoms with van der Waals surface area (Å²) in [7, 11) is 0. The lowest BCUT2D eigenvalue weighted by Gasteiger charge is -2.23. The lowest BCUT2D eigenvalue weighted by atomic mass is 9.96. The maximum Gasteiger partial charge on any atom is 0.301 e. The molecule has 11 heteroatoms. The van der Waals surface area contributed by atoms with Crippen LogP contribution in [0, 0.1) is 13.8 Å². The second kappa shape index (κ2) is 9.66. The van der Waals surface area contributed by atoms with E-state index >= 15 is 0 Å². The van der Waals surface area contributed by atoms with Crippen LogP contribution >= 0.6 is 11.3 Å². The van der Waals surface area contributed by atoms with Gasteiger partial charge in [-0.1, -0.05) is 23.5 Å². The van der Waals surface area contributed by atoms with Crippen molar-refractivity contribution in [3.05, 3.63) is 70.1 Å². The van der Waals surface area contributed by atoms with Gasteiger partial charge in [0, 0.05) is 6.20 Å². The molecule has 0 aliphatic carbocycles. The number of aliphatic hydroxyl groups is 1. The predicted molar refractivity (Wildman–Crippen MR) is 138 cm³/mol. The molecule has 37 heavy (non-hydrogen) atoms. The summed E-state index contributed by atoms with van der Waals surface area (Å²) < 4.78 is 13.2. The SMILES string of the molecule is CCOc1ccc(C2/C(=C(\O)c3c(C)nc4ccccn34)C(=O)C(=O)N2c2nnc(C)s2)cc1OCC. The van der Waals surface area contributed by atoms with Crippen LogP contribution in [0.1, 0.15) is 41.8 Å². The second-order valence-corrected chi connectivity index (χ2v) is 9.48. The number of Topliss-reactive ketones (excluding diaryl/α,β-unsaturated/α-hetero) is 1. The van der Waals surface area contributed by atoms with Crippen LogP contribution in [0.5, 0.6) is 11.5 Å². The summed E-state index contributed by atoms with van der Waals surface area (Å²) in [6.45, 7) is 8.06. The Morgan fingerprint density at radius 3 is 2.51 bits per heavy atom. The predicted octanol–water partition coefficient (Wildman–Crippen LogP) is 4.23. The van der Waals surface area contributed by atoms with Crippen LogP contribution in [0.25, 0.3) is 11.4 Å². The first-order valence-electron chi connectivity index (χ1n) is 11.8. The van der Waals surface area contributed by atoms with E-state index < -0.39 is 17.7 Å². The number of anilines is 1. The molecule has 1 amide bonds. The Morgan fingerprint density at radius 2 is 1.81 bits per heavy atom. The van der Waals surface area contributed by atoms with E-state index in [0.717, 1.165) is 0 Å². The number of aliphatic hydroxyl groups excluding tert-OH is 1. The highest BCUT2D eigenvalue weighted by Crippen LogP contribution is 2.45. The highest BCUT2D eigenvalue weighted by molar-refractivity contribution is 7.15. The third-order valence-electron chi connectivity index (χ3n) is 5.98. The minimum atomic E-state index is -0.976. The molecule has 0 spiro atoms. The lowest BCUT2D eigenvalue weighted by molar-refractivity contribution is -0.132. The van der Waals surface area contributed by atoms with Crippen molar-refractivity contribution in [1.29, 1.82) is 0 Å². The molecule has 0 saturated carbocycles. The summed E-state index contributed by atoms with van der Waals surface area (Å²) >= 11 is 1.18. The average molecular weight is 520 g/mol. The van der Waals surface area contributed by atoms with Gasteiger partial charge in [-0.05, 0) is 57.5 Å². The fraction of sp³-hybridized carbons (Fsp3) is 0.269. The van der Waals surface area contributed by atoms with Gasteiger partial charge < -0.3 is 14.6 Å². The van der Waals surface area contributed by atoms with E-state index in [2.05, 4.69) is 15.2 Å². The van der Waals surface area contributed by atoms with Gasteiger partial charge in [-0.3, -0.25) is 18.9 Å². The number of benzene rings is 1. The van der Waals surface area contributed by atoms with Gasteiger partial charge in [0.25, 0.3) is 5.78 Å². The molecule has 3 aromatic heterocycles. The number of carbonyl (C=O) groups is 2. The monoisotopic (exact) mass is 519 g/mol. The van der Waals surface area contributed by atoms with E-state index in [9.17, 15) is 14.7 Å². The molecule has 1 N–H and O–H groups in total. The highest BCUT2D eigenvalue weighted by Gasteiger charge is 2.49. The largest absolute Gasteiger partial charge is 0.505 e. The number of imidazole rings is 1. The zero-order valence-corrected chi connectivity index (χ0v) is 21.6. The number of aryl methyl sites for hydroxylation is 2. The first kappa shape index (κ1) is 24.4. The number of aromatic nitrogens is 4. The number of hydrogen-bond acceptors (Lipinski definition) is 9. The Balaban J connectivity index is 1.77. The van der Waals surface area contributed by atoms with Gasteiger partial charge in [0.2, 0.25) is 5.13 Å². The average Bonchev–Trinajstić information content (AvgIpc) is 3.53. The van der Waals surface area contributed by atoms with Gasteiger partial charge in [0.1, 0.15) is 16.3 Å². The van der Waals surface area contributed by atoms with Crippen molar-refractivity contribution in [1.82, 2.24) is 19.6 Å². The number of nitrogens with zero attached hydrogens (tertiary/aromatic N) is 5. The van der Waals surface area contributed by atoms with E-state index in [1.807, 2.05) is 19.9 Å². The van der Waals surface area contributed by atoms with Gasteiger partial charge in [0.05, 0.1) is 30.5 Å². The van der Waals surface area contributed by atoms with Crippen LogP contribution in [0.4, 0.5) is 5.13 Å². The standard InChI is InChI=1S/C26H25N5O5S/c1-5-35-17-11-10-16(13-18(17)36-6-2)22-20(24(33)25(34)31(22)26-29-28-15(4)37-26)23(32)21-14(3)27-19-9-7-8-12-30(19)21/h7-13,22,32H,5-6H2,1-4H3/b23-20+. The summed E-state index contributed by atoms with van der Waals surface area (Å²) in [6, 6.07) is 9.65. The molecule has 1 aliphatic rings. The zero-order valence-electron chi connectivity index (χ0n) is 20.8. The number of amides is 1. The number of rotatable bonds is 7. The topological polar surface area (TPSA) is 119 Å². The Morgan fingerprint density at radius 1 is 1.05 bits per heavy atom. The summed E-state index contributed by atoms with van der Waals surface area (Å²) in [5.74, 6) is -0.954. The smallest absolute Gasteiger partial charge is 0.301 e. The lowest BCUT2D eigenvalue weighted by Crippen LogP contribution is -2.29. The number of hydrogen-bond donors (Lipinski definition) is 1. The van der Waals surface area contributed by atoms with E-state index in [0.29, 0.717) is 52.3 Å². The Labute approximate surface area is 216 Å². The maximum atomic E-state index is 13.5. The minimum Gasteiger partial charge on any atom is -0.505 e. The fourth-order valence-electron chi connectivity index (χ4n) is 4.49. The molecule has 1 aliphatic heterocycles. The van der Waals surface area contributed by atoms with E-state index in [4.69, 9.17) is 9.47 Å². The van der Waals surface area contributed by atoms with Crippen molar-refractivity contribution in [3.63, 3.8) is 0 Å². The highest BCUT2D eigenvalue weighted by atomic mass is 32.1. The number of fused-ring (bicyclic) bond motifs is 1. The first-order chi connectivity index (χ1) is 17.8. The molecule has 1 fully saturated rings. The molecule has 10 nitrogen and oxygen atoms in total. The molecule has 5 rings (SSSR count).